The molecule has 0 radical (unpaired) electrons. The Kier molecular flexibility index (Phi) is 5.46. The monoisotopic (exact) mass is 253 g/mol. The summed E-state index contributed by atoms with van der Waals surface area (Å²) in [4.78, 5) is 5.42. The molecule has 2 saturated heterocycles. The molecule has 0 amide bonds. The Morgan fingerprint density at radius 3 is 2.83 bits per heavy atom. The van der Waals surface area contributed by atoms with E-state index in [4.69, 9.17) is 0 Å². The van der Waals surface area contributed by atoms with Crippen molar-refractivity contribution >= 4 is 0 Å². The van der Waals surface area contributed by atoms with Crippen molar-refractivity contribution in [1.29, 1.82) is 0 Å². The Bertz CT molecular complexity index is 244. The molecule has 106 valence electrons. The van der Waals surface area contributed by atoms with Crippen molar-refractivity contribution in [2.75, 3.05) is 32.7 Å². The zero-order chi connectivity index (χ0) is 13.0. The Morgan fingerprint density at radius 1 is 1.22 bits per heavy atom. The Morgan fingerprint density at radius 2 is 2.06 bits per heavy atom. The molecule has 0 spiro atoms. The van der Waals surface area contributed by atoms with Crippen LogP contribution in [0.25, 0.3) is 0 Å². The summed E-state index contributed by atoms with van der Waals surface area (Å²) in [5.41, 5.74) is 0. The van der Waals surface area contributed by atoms with Gasteiger partial charge in [0, 0.05) is 37.8 Å². The van der Waals surface area contributed by atoms with Gasteiger partial charge in [-0.1, -0.05) is 6.92 Å². The van der Waals surface area contributed by atoms with Gasteiger partial charge in [0.05, 0.1) is 0 Å². The van der Waals surface area contributed by atoms with Crippen molar-refractivity contribution in [3.63, 3.8) is 0 Å². The zero-order valence-electron chi connectivity index (χ0n) is 12.5. The molecule has 0 aliphatic carbocycles. The minimum absolute atomic E-state index is 0.654. The van der Waals surface area contributed by atoms with Gasteiger partial charge in [-0.25, -0.2) is 0 Å². The lowest BCUT2D eigenvalue weighted by Crippen LogP contribution is -2.53. The van der Waals surface area contributed by atoms with Crippen LogP contribution in [0.1, 0.15) is 46.5 Å². The topological polar surface area (TPSA) is 18.5 Å². The van der Waals surface area contributed by atoms with E-state index in [0.29, 0.717) is 6.04 Å². The molecule has 18 heavy (non-hydrogen) atoms. The van der Waals surface area contributed by atoms with Gasteiger partial charge in [-0.05, 0) is 52.6 Å². The molecule has 1 N–H and O–H groups in total. The third-order valence-electron chi connectivity index (χ3n) is 4.68. The lowest BCUT2D eigenvalue weighted by atomic mass is 10.0. The summed E-state index contributed by atoms with van der Waals surface area (Å²) in [6.45, 7) is 13.4. The molecule has 0 aromatic heterocycles. The Hall–Kier alpha value is -0.120. The van der Waals surface area contributed by atoms with Crippen molar-refractivity contribution < 1.29 is 0 Å². The molecule has 2 heterocycles. The predicted molar refractivity (Wildman–Crippen MR) is 78.0 cm³/mol. The van der Waals surface area contributed by atoms with Crippen molar-refractivity contribution in [2.45, 2.75) is 64.6 Å². The summed E-state index contributed by atoms with van der Waals surface area (Å²) >= 11 is 0. The summed E-state index contributed by atoms with van der Waals surface area (Å²) in [7, 11) is 0. The van der Waals surface area contributed by atoms with Gasteiger partial charge in [0.2, 0.25) is 0 Å². The molecule has 3 unspecified atom stereocenters. The van der Waals surface area contributed by atoms with E-state index in [1.54, 1.807) is 0 Å². The van der Waals surface area contributed by atoms with E-state index >= 15 is 0 Å². The first kappa shape index (κ1) is 14.3. The normalized spacial score (nSPS) is 29.2. The molecule has 0 bridgehead atoms. The van der Waals surface area contributed by atoms with E-state index < -0.39 is 0 Å². The van der Waals surface area contributed by atoms with Crippen LogP contribution in [-0.2, 0) is 0 Å². The second-order valence-electron chi connectivity index (χ2n) is 6.27. The molecule has 2 rings (SSSR count). The quantitative estimate of drug-likeness (QED) is 0.780. The predicted octanol–water partition coefficient (Wildman–Crippen LogP) is 1.93. The molecule has 0 aromatic rings. The largest absolute Gasteiger partial charge is 0.314 e. The van der Waals surface area contributed by atoms with Gasteiger partial charge in [0.15, 0.2) is 0 Å². The first-order valence-electron chi connectivity index (χ1n) is 7.92. The third-order valence-corrected chi connectivity index (χ3v) is 4.68. The van der Waals surface area contributed by atoms with E-state index in [-0.39, 0.29) is 0 Å². The van der Waals surface area contributed by atoms with Crippen LogP contribution in [0.3, 0.4) is 0 Å². The summed E-state index contributed by atoms with van der Waals surface area (Å²) in [5.74, 6) is 0. The van der Waals surface area contributed by atoms with Crippen LogP contribution in [0.4, 0.5) is 0 Å². The van der Waals surface area contributed by atoms with Gasteiger partial charge < -0.3 is 5.32 Å². The fourth-order valence-corrected chi connectivity index (χ4v) is 3.55. The molecule has 3 atom stereocenters. The maximum atomic E-state index is 3.61. The Labute approximate surface area is 113 Å². The molecule has 0 aromatic carbocycles. The highest BCUT2D eigenvalue weighted by Crippen LogP contribution is 2.23. The fourth-order valence-electron chi connectivity index (χ4n) is 3.55. The van der Waals surface area contributed by atoms with Crippen LogP contribution in [-0.4, -0.2) is 60.6 Å². The van der Waals surface area contributed by atoms with E-state index in [9.17, 15) is 0 Å². The molecule has 0 saturated carbocycles. The van der Waals surface area contributed by atoms with Crippen LogP contribution >= 0.6 is 0 Å². The molecule has 3 nitrogen and oxygen atoms in total. The number of fused-ring (bicyclic) bond motifs is 1. The number of rotatable bonds is 6. The smallest absolute Gasteiger partial charge is 0.0224 e. The van der Waals surface area contributed by atoms with E-state index in [0.717, 1.165) is 18.6 Å². The van der Waals surface area contributed by atoms with Gasteiger partial charge in [-0.2, -0.15) is 0 Å². The molecular weight excluding hydrogens is 222 g/mol. The van der Waals surface area contributed by atoms with Crippen LogP contribution < -0.4 is 5.32 Å². The van der Waals surface area contributed by atoms with Crippen LogP contribution in [0.5, 0.6) is 0 Å². The summed E-state index contributed by atoms with van der Waals surface area (Å²) in [5, 5.41) is 3.61. The van der Waals surface area contributed by atoms with Gasteiger partial charge in [0.25, 0.3) is 0 Å². The standard InChI is InChI=1S/C15H31N3/c1-4-7-16-13(2)11-14(3)18-10-9-17-8-5-6-15(17)12-18/h13-16H,4-12H2,1-3H3. The van der Waals surface area contributed by atoms with E-state index in [1.807, 2.05) is 0 Å². The first-order valence-corrected chi connectivity index (χ1v) is 7.92. The average Bonchev–Trinajstić information content (AvgIpc) is 2.83. The number of hydrogen-bond acceptors (Lipinski definition) is 3. The highest BCUT2D eigenvalue weighted by molar-refractivity contribution is 4.89. The van der Waals surface area contributed by atoms with E-state index in [2.05, 4.69) is 35.9 Å². The molecular formula is C15H31N3. The van der Waals surface area contributed by atoms with Gasteiger partial charge in [-0.3, -0.25) is 9.80 Å². The summed E-state index contributed by atoms with van der Waals surface area (Å²) in [6, 6.07) is 2.24. The van der Waals surface area contributed by atoms with Gasteiger partial charge >= 0.3 is 0 Å². The maximum Gasteiger partial charge on any atom is 0.0224 e. The fraction of sp³-hybridized carbons (Fsp3) is 1.00. The zero-order valence-corrected chi connectivity index (χ0v) is 12.5. The molecule has 2 aliphatic rings. The van der Waals surface area contributed by atoms with Crippen molar-refractivity contribution in [3.8, 4) is 0 Å². The van der Waals surface area contributed by atoms with Gasteiger partial charge in [0.1, 0.15) is 0 Å². The van der Waals surface area contributed by atoms with E-state index in [1.165, 1.54) is 51.9 Å². The number of piperazine rings is 1. The Balaban J connectivity index is 1.73. The van der Waals surface area contributed by atoms with Crippen LogP contribution in [0.15, 0.2) is 0 Å². The lowest BCUT2D eigenvalue weighted by molar-refractivity contribution is 0.0712. The summed E-state index contributed by atoms with van der Waals surface area (Å²) < 4.78 is 0. The summed E-state index contributed by atoms with van der Waals surface area (Å²) in [6.07, 6.45) is 5.36. The van der Waals surface area contributed by atoms with Crippen molar-refractivity contribution in [3.05, 3.63) is 0 Å². The first-order chi connectivity index (χ1) is 8.70. The molecule has 2 aliphatic heterocycles. The minimum atomic E-state index is 0.654. The lowest BCUT2D eigenvalue weighted by Gasteiger charge is -2.41. The van der Waals surface area contributed by atoms with Gasteiger partial charge in [-0.15, -0.1) is 0 Å². The highest BCUT2D eigenvalue weighted by atomic mass is 15.3. The minimum Gasteiger partial charge on any atom is -0.314 e. The van der Waals surface area contributed by atoms with Crippen molar-refractivity contribution in [1.82, 2.24) is 15.1 Å². The number of nitrogens with one attached hydrogen (secondary N) is 1. The van der Waals surface area contributed by atoms with Crippen LogP contribution in [0, 0.1) is 0 Å². The third kappa shape index (κ3) is 3.69. The highest BCUT2D eigenvalue weighted by Gasteiger charge is 2.32. The molecule has 2 fully saturated rings. The average molecular weight is 253 g/mol. The molecule has 3 heteroatoms. The number of nitrogens with zero attached hydrogens (tertiary/aromatic N) is 2. The second-order valence-corrected chi connectivity index (χ2v) is 6.27. The SMILES string of the molecule is CCCNC(C)CC(C)N1CCN2CCCC2C1. The maximum absolute atomic E-state index is 3.61. The van der Waals surface area contributed by atoms with Crippen molar-refractivity contribution in [2.24, 2.45) is 0 Å². The number of hydrogen-bond donors (Lipinski definition) is 1. The van der Waals surface area contributed by atoms with Crippen LogP contribution in [0.2, 0.25) is 0 Å². The second kappa shape index (κ2) is 6.88.